The van der Waals surface area contributed by atoms with Crippen LogP contribution < -0.4 is 10.6 Å². The maximum Gasteiger partial charge on any atom is 0.256 e. The molecule has 0 aliphatic carbocycles. The fourth-order valence-corrected chi connectivity index (χ4v) is 6.67. The molecule has 6 heteroatoms. The Kier molecular flexibility index (Phi) is 5.78. The molecule has 44 heavy (non-hydrogen) atoms. The number of fused-ring (bicyclic) bond motifs is 6. The van der Waals surface area contributed by atoms with E-state index in [1.54, 1.807) is 12.2 Å². The molecule has 0 fully saturated rings. The molecule has 4 aromatic carbocycles. The van der Waals surface area contributed by atoms with Gasteiger partial charge in [-0.3, -0.25) is 9.59 Å². The van der Waals surface area contributed by atoms with Gasteiger partial charge in [0, 0.05) is 68.2 Å². The van der Waals surface area contributed by atoms with Gasteiger partial charge in [0.25, 0.3) is 11.8 Å². The first-order valence-corrected chi connectivity index (χ1v) is 14.6. The van der Waals surface area contributed by atoms with E-state index in [1.165, 1.54) is 10.8 Å². The van der Waals surface area contributed by atoms with Gasteiger partial charge in [0.15, 0.2) is 0 Å². The van der Waals surface area contributed by atoms with Crippen molar-refractivity contribution in [1.29, 1.82) is 0 Å². The van der Waals surface area contributed by atoms with Gasteiger partial charge in [-0.05, 0) is 36.4 Å². The maximum atomic E-state index is 13.2. The molecule has 2 aromatic heterocycles. The van der Waals surface area contributed by atoms with E-state index >= 15 is 0 Å². The Bertz CT molecular complexity index is 2190. The highest BCUT2D eigenvalue weighted by Crippen LogP contribution is 2.35. The van der Waals surface area contributed by atoms with Crippen molar-refractivity contribution >= 4 is 66.8 Å². The standard InChI is InChI=1S/C38H28N4O2/c1-3-17-41-33-11-7-5-9-25(33)27-15-13-23(19-35(27)41)31-21-29(37(43)39-31)30-22-32(40-38(30)44)24-14-16-28-26-10-6-8-12-34(26)42(18-4-2)36(28)20-24/h3-16,19-22H,1-2,17-18H2,(H,39,43)(H,40,44)/b30-29+. The highest BCUT2D eigenvalue weighted by atomic mass is 16.2. The van der Waals surface area contributed by atoms with E-state index in [0.29, 0.717) is 35.6 Å². The highest BCUT2D eigenvalue weighted by molar-refractivity contribution is 6.19. The number of para-hydroxylation sites is 2. The molecule has 212 valence electrons. The van der Waals surface area contributed by atoms with Crippen molar-refractivity contribution in [1.82, 2.24) is 19.8 Å². The molecule has 2 aliphatic rings. The molecular weight excluding hydrogens is 544 g/mol. The lowest BCUT2D eigenvalue weighted by molar-refractivity contribution is -0.118. The summed E-state index contributed by atoms with van der Waals surface area (Å²) in [6.07, 6.45) is 7.33. The Balaban J connectivity index is 1.21. The monoisotopic (exact) mass is 572 g/mol. The number of hydrogen-bond acceptors (Lipinski definition) is 2. The normalized spacial score (nSPS) is 16.5. The lowest BCUT2D eigenvalue weighted by Gasteiger charge is -2.07. The van der Waals surface area contributed by atoms with Crippen LogP contribution in [-0.4, -0.2) is 20.9 Å². The average Bonchev–Trinajstić information content (AvgIpc) is 3.79. The van der Waals surface area contributed by atoms with Gasteiger partial charge in [-0.1, -0.05) is 72.8 Å². The number of allylic oxidation sites excluding steroid dienone is 2. The minimum atomic E-state index is -0.295. The lowest BCUT2D eigenvalue weighted by atomic mass is 10.0. The summed E-state index contributed by atoms with van der Waals surface area (Å²) in [6.45, 7) is 9.22. The summed E-state index contributed by atoms with van der Waals surface area (Å²) in [6, 6.07) is 29.0. The number of carbonyl (C=O) groups is 2. The van der Waals surface area contributed by atoms with Gasteiger partial charge in [0.2, 0.25) is 0 Å². The van der Waals surface area contributed by atoms with E-state index < -0.39 is 0 Å². The van der Waals surface area contributed by atoms with E-state index in [-0.39, 0.29) is 11.8 Å². The summed E-state index contributed by atoms with van der Waals surface area (Å²) >= 11 is 0. The molecule has 2 amide bonds. The minimum Gasteiger partial charge on any atom is -0.337 e. The van der Waals surface area contributed by atoms with Crippen LogP contribution in [0.15, 0.2) is 134 Å². The number of rotatable bonds is 6. The van der Waals surface area contributed by atoms with E-state index in [0.717, 1.165) is 44.0 Å². The third-order valence-electron chi connectivity index (χ3n) is 8.65. The van der Waals surface area contributed by atoms with Gasteiger partial charge < -0.3 is 19.8 Å². The topological polar surface area (TPSA) is 68.1 Å². The van der Waals surface area contributed by atoms with E-state index in [4.69, 9.17) is 0 Å². The largest absolute Gasteiger partial charge is 0.337 e. The Morgan fingerprint density at radius 1 is 0.545 bits per heavy atom. The Labute approximate surface area is 253 Å². The van der Waals surface area contributed by atoms with Crippen molar-refractivity contribution < 1.29 is 9.59 Å². The second-order valence-corrected chi connectivity index (χ2v) is 11.1. The fraction of sp³-hybridized carbons (Fsp3) is 0.0526. The van der Waals surface area contributed by atoms with Gasteiger partial charge in [0.05, 0.1) is 22.2 Å². The molecule has 6 nitrogen and oxygen atoms in total. The van der Waals surface area contributed by atoms with Gasteiger partial charge in [0.1, 0.15) is 0 Å². The van der Waals surface area contributed by atoms with Crippen molar-refractivity contribution in [2.24, 2.45) is 0 Å². The Morgan fingerprint density at radius 2 is 0.955 bits per heavy atom. The van der Waals surface area contributed by atoms with Crippen molar-refractivity contribution in [3.8, 4) is 0 Å². The molecule has 8 rings (SSSR count). The second-order valence-electron chi connectivity index (χ2n) is 11.1. The number of aromatic nitrogens is 2. The number of amides is 2. The summed E-state index contributed by atoms with van der Waals surface area (Å²) in [4.78, 5) is 26.5. The second kappa shape index (κ2) is 9.85. The molecule has 4 heterocycles. The van der Waals surface area contributed by atoms with E-state index in [1.807, 2.05) is 48.6 Å². The van der Waals surface area contributed by atoms with E-state index in [2.05, 4.69) is 81.5 Å². The first-order valence-electron chi connectivity index (χ1n) is 14.6. The predicted molar refractivity (Wildman–Crippen MR) is 179 cm³/mol. The van der Waals surface area contributed by atoms with Crippen LogP contribution in [0.2, 0.25) is 0 Å². The number of benzene rings is 4. The first kappa shape index (κ1) is 25.8. The molecule has 0 radical (unpaired) electrons. The third kappa shape index (κ3) is 3.81. The van der Waals surface area contributed by atoms with Crippen molar-refractivity contribution in [3.05, 3.63) is 145 Å². The number of nitrogens with zero attached hydrogens (tertiary/aromatic N) is 2. The molecule has 0 spiro atoms. The molecular formula is C38H28N4O2. The minimum absolute atomic E-state index is 0.295. The lowest BCUT2D eigenvalue weighted by Crippen LogP contribution is -2.20. The van der Waals surface area contributed by atoms with Crippen molar-refractivity contribution in [2.45, 2.75) is 13.1 Å². The van der Waals surface area contributed by atoms with Gasteiger partial charge in [-0.2, -0.15) is 0 Å². The zero-order valence-corrected chi connectivity index (χ0v) is 23.9. The molecule has 0 saturated heterocycles. The Hall–Kier alpha value is -5.88. The molecule has 2 N–H and O–H groups in total. The fourth-order valence-electron chi connectivity index (χ4n) is 6.67. The smallest absolute Gasteiger partial charge is 0.256 e. The van der Waals surface area contributed by atoms with Crippen LogP contribution in [0.5, 0.6) is 0 Å². The van der Waals surface area contributed by atoms with Crippen LogP contribution in [0.25, 0.3) is 55.0 Å². The average molecular weight is 573 g/mol. The summed E-state index contributed by atoms with van der Waals surface area (Å²) < 4.78 is 4.45. The summed E-state index contributed by atoms with van der Waals surface area (Å²) in [5.74, 6) is -0.591. The zero-order valence-electron chi connectivity index (χ0n) is 23.9. The van der Waals surface area contributed by atoms with E-state index in [9.17, 15) is 9.59 Å². The molecule has 0 unspecified atom stereocenters. The van der Waals surface area contributed by atoms with Gasteiger partial charge in [-0.15, -0.1) is 13.2 Å². The predicted octanol–water partition coefficient (Wildman–Crippen LogP) is 7.21. The summed E-state index contributed by atoms with van der Waals surface area (Å²) in [5.41, 5.74) is 8.16. The number of carbonyl (C=O) groups excluding carboxylic acids is 2. The third-order valence-corrected chi connectivity index (χ3v) is 8.65. The summed E-state index contributed by atoms with van der Waals surface area (Å²) in [7, 11) is 0. The molecule has 0 atom stereocenters. The maximum absolute atomic E-state index is 13.2. The van der Waals surface area contributed by atoms with Crippen LogP contribution in [-0.2, 0) is 22.7 Å². The van der Waals surface area contributed by atoms with Crippen LogP contribution in [0, 0.1) is 0 Å². The van der Waals surface area contributed by atoms with Gasteiger partial charge in [-0.25, -0.2) is 0 Å². The number of nitrogens with one attached hydrogen (secondary N) is 2. The first-order chi connectivity index (χ1) is 21.6. The van der Waals surface area contributed by atoms with Crippen LogP contribution in [0.4, 0.5) is 0 Å². The molecule has 6 aromatic rings. The summed E-state index contributed by atoms with van der Waals surface area (Å²) in [5, 5.41) is 10.6. The highest BCUT2D eigenvalue weighted by Gasteiger charge is 2.29. The molecule has 0 bridgehead atoms. The van der Waals surface area contributed by atoms with Crippen LogP contribution in [0.1, 0.15) is 11.1 Å². The molecule has 0 saturated carbocycles. The Morgan fingerprint density at radius 3 is 1.39 bits per heavy atom. The van der Waals surface area contributed by atoms with Crippen molar-refractivity contribution in [2.75, 3.05) is 0 Å². The number of hydrogen-bond donors (Lipinski definition) is 2. The zero-order chi connectivity index (χ0) is 29.9. The quantitative estimate of drug-likeness (QED) is 0.164. The molecule has 2 aliphatic heterocycles. The van der Waals surface area contributed by atoms with Crippen LogP contribution in [0.3, 0.4) is 0 Å². The SMILES string of the molecule is C=CCn1c2ccccc2c2ccc(C3=C/C(=C4/C=C(c5ccc6c7ccccc7n(CC=C)c6c5)NC4=O)C(=O)N3)cc21. The van der Waals surface area contributed by atoms with Gasteiger partial charge >= 0.3 is 0 Å². The van der Waals surface area contributed by atoms with Crippen LogP contribution >= 0.6 is 0 Å². The van der Waals surface area contributed by atoms with Crippen molar-refractivity contribution in [3.63, 3.8) is 0 Å².